The molecular weight excluding hydrogens is 322 g/mol. The highest BCUT2D eigenvalue weighted by Gasteiger charge is 2.08. The number of rotatable bonds is 7. The zero-order chi connectivity index (χ0) is 17.6. The highest BCUT2D eigenvalue weighted by Crippen LogP contribution is 2.17. The molecule has 3 heterocycles. The average Bonchev–Trinajstić information content (AvgIpc) is 3.08. The van der Waals surface area contributed by atoms with Crippen LogP contribution in [-0.2, 0) is 6.54 Å². The second-order valence-corrected chi connectivity index (χ2v) is 5.35. The first-order valence-corrected chi connectivity index (χ1v) is 7.76. The van der Waals surface area contributed by atoms with E-state index in [-0.39, 0.29) is 5.69 Å². The van der Waals surface area contributed by atoms with E-state index >= 15 is 0 Å². The molecule has 3 rings (SSSR count). The number of nitrogens with one attached hydrogen (secondary N) is 1. The van der Waals surface area contributed by atoms with Crippen LogP contribution in [0, 0.1) is 6.92 Å². The summed E-state index contributed by atoms with van der Waals surface area (Å²) in [4.78, 5) is 23.8. The zero-order valence-electron chi connectivity index (χ0n) is 13.6. The third-order valence-corrected chi connectivity index (χ3v) is 3.39. The topological polar surface area (TPSA) is 119 Å². The highest BCUT2D eigenvalue weighted by atomic mass is 16.4. The van der Waals surface area contributed by atoms with Crippen molar-refractivity contribution >= 4 is 11.8 Å². The van der Waals surface area contributed by atoms with Crippen LogP contribution in [0.3, 0.4) is 0 Å². The van der Waals surface area contributed by atoms with Crippen LogP contribution in [0.5, 0.6) is 0 Å². The molecule has 0 spiro atoms. The molecule has 0 aliphatic rings. The summed E-state index contributed by atoms with van der Waals surface area (Å²) in [5.74, 6) is 0.300. The van der Waals surface area contributed by atoms with Gasteiger partial charge in [0.1, 0.15) is 11.6 Å². The van der Waals surface area contributed by atoms with Crippen LogP contribution in [0.25, 0.3) is 11.4 Å². The van der Waals surface area contributed by atoms with Crippen LogP contribution in [0.1, 0.15) is 22.7 Å². The van der Waals surface area contributed by atoms with Crippen molar-refractivity contribution in [2.24, 2.45) is 0 Å². The van der Waals surface area contributed by atoms with Crippen molar-refractivity contribution in [1.82, 2.24) is 29.9 Å². The Labute approximate surface area is 143 Å². The molecule has 0 aliphatic heterocycles. The van der Waals surface area contributed by atoms with Crippen LogP contribution < -0.4 is 5.32 Å². The van der Waals surface area contributed by atoms with Crippen molar-refractivity contribution in [1.29, 1.82) is 0 Å². The molecular formula is C16H17N7O2. The van der Waals surface area contributed by atoms with Gasteiger partial charge in [-0.3, -0.25) is 9.67 Å². The maximum atomic E-state index is 10.8. The maximum Gasteiger partial charge on any atom is 0.358 e. The Balaban J connectivity index is 1.58. The third kappa shape index (κ3) is 4.34. The molecule has 0 aliphatic carbocycles. The van der Waals surface area contributed by atoms with Gasteiger partial charge in [-0.15, -0.1) is 5.10 Å². The van der Waals surface area contributed by atoms with Gasteiger partial charge in [0.2, 0.25) is 0 Å². The van der Waals surface area contributed by atoms with Crippen molar-refractivity contribution in [2.75, 3.05) is 11.9 Å². The van der Waals surface area contributed by atoms with E-state index in [1.165, 1.54) is 10.9 Å². The summed E-state index contributed by atoms with van der Waals surface area (Å²) < 4.78 is 1.51. The lowest BCUT2D eigenvalue weighted by Crippen LogP contribution is -2.09. The number of pyridine rings is 1. The van der Waals surface area contributed by atoms with Crippen LogP contribution >= 0.6 is 0 Å². The lowest BCUT2D eigenvalue weighted by atomic mass is 10.2. The van der Waals surface area contributed by atoms with Crippen LogP contribution in [-0.4, -0.2) is 47.6 Å². The fraction of sp³-hybridized carbons (Fsp3) is 0.250. The number of hydrogen-bond donors (Lipinski definition) is 2. The second kappa shape index (κ2) is 7.47. The van der Waals surface area contributed by atoms with Crippen molar-refractivity contribution < 1.29 is 9.90 Å². The summed E-state index contributed by atoms with van der Waals surface area (Å²) in [5.41, 5.74) is 1.50. The van der Waals surface area contributed by atoms with Gasteiger partial charge in [-0.25, -0.2) is 14.8 Å². The molecule has 9 heteroatoms. The SMILES string of the molecule is Cc1nc(NCCCn2cc(C(=O)O)nn2)cc(-c2ccccn2)n1. The molecule has 128 valence electrons. The van der Waals surface area contributed by atoms with E-state index in [1.54, 1.807) is 6.20 Å². The van der Waals surface area contributed by atoms with Crippen LogP contribution in [0.4, 0.5) is 5.82 Å². The first kappa shape index (κ1) is 16.5. The largest absolute Gasteiger partial charge is 0.476 e. The van der Waals surface area contributed by atoms with E-state index in [9.17, 15) is 4.79 Å². The lowest BCUT2D eigenvalue weighted by molar-refractivity contribution is 0.0690. The Morgan fingerprint density at radius 3 is 2.88 bits per heavy atom. The van der Waals surface area contributed by atoms with E-state index in [4.69, 9.17) is 5.11 Å². The summed E-state index contributed by atoms with van der Waals surface area (Å²) >= 11 is 0. The molecule has 0 radical (unpaired) electrons. The Kier molecular flexibility index (Phi) is 4.93. The Morgan fingerprint density at radius 1 is 1.28 bits per heavy atom. The molecule has 0 saturated heterocycles. The summed E-state index contributed by atoms with van der Waals surface area (Å²) in [7, 11) is 0. The van der Waals surface area contributed by atoms with Crippen molar-refractivity contribution in [2.45, 2.75) is 19.9 Å². The normalized spacial score (nSPS) is 10.6. The van der Waals surface area contributed by atoms with E-state index in [0.29, 0.717) is 18.9 Å². The number of nitrogens with zero attached hydrogens (tertiary/aromatic N) is 6. The number of anilines is 1. The van der Waals surface area contributed by atoms with E-state index in [2.05, 4.69) is 30.6 Å². The van der Waals surface area contributed by atoms with Gasteiger partial charge in [0.05, 0.1) is 17.6 Å². The van der Waals surface area contributed by atoms with E-state index in [1.807, 2.05) is 31.2 Å². The van der Waals surface area contributed by atoms with Gasteiger partial charge in [0.15, 0.2) is 5.69 Å². The van der Waals surface area contributed by atoms with Gasteiger partial charge in [-0.05, 0) is 25.5 Å². The van der Waals surface area contributed by atoms with Crippen LogP contribution in [0.15, 0.2) is 36.7 Å². The van der Waals surface area contributed by atoms with E-state index < -0.39 is 5.97 Å². The predicted molar refractivity (Wildman–Crippen MR) is 90.1 cm³/mol. The molecule has 0 amide bonds. The molecule has 0 atom stereocenters. The predicted octanol–water partition coefficient (Wildman–Crippen LogP) is 1.64. The summed E-state index contributed by atoms with van der Waals surface area (Å²) in [6, 6.07) is 7.52. The van der Waals surface area contributed by atoms with Crippen molar-refractivity contribution in [3.63, 3.8) is 0 Å². The Bertz CT molecular complexity index is 864. The van der Waals surface area contributed by atoms with Gasteiger partial charge in [-0.2, -0.15) is 0 Å². The Morgan fingerprint density at radius 2 is 2.16 bits per heavy atom. The van der Waals surface area contributed by atoms with Crippen molar-refractivity contribution in [3.8, 4) is 11.4 Å². The fourth-order valence-electron chi connectivity index (χ4n) is 2.27. The van der Waals surface area contributed by atoms with Gasteiger partial charge in [0.25, 0.3) is 0 Å². The first-order chi connectivity index (χ1) is 12.1. The van der Waals surface area contributed by atoms with Gasteiger partial charge in [-0.1, -0.05) is 11.3 Å². The molecule has 0 saturated carbocycles. The molecule has 25 heavy (non-hydrogen) atoms. The monoisotopic (exact) mass is 339 g/mol. The minimum atomic E-state index is -1.08. The van der Waals surface area contributed by atoms with E-state index in [0.717, 1.165) is 23.6 Å². The number of carboxylic acids is 1. The number of aromatic carboxylic acids is 1. The first-order valence-electron chi connectivity index (χ1n) is 7.76. The smallest absolute Gasteiger partial charge is 0.358 e. The van der Waals surface area contributed by atoms with Gasteiger partial charge >= 0.3 is 5.97 Å². The van der Waals surface area contributed by atoms with Gasteiger partial charge in [0, 0.05) is 25.4 Å². The zero-order valence-corrected chi connectivity index (χ0v) is 13.6. The van der Waals surface area contributed by atoms with Crippen LogP contribution in [0.2, 0.25) is 0 Å². The standard InChI is InChI=1S/C16H17N7O2/c1-11-19-13(12-5-2-3-6-17-12)9-15(20-11)18-7-4-8-23-10-14(16(24)25)21-22-23/h2-3,5-6,9-10H,4,7-8H2,1H3,(H,24,25)(H,18,19,20). The maximum absolute atomic E-state index is 10.8. The molecule has 0 aromatic carbocycles. The molecule has 9 nitrogen and oxygen atoms in total. The average molecular weight is 339 g/mol. The molecule has 3 aromatic heterocycles. The molecule has 0 unspecified atom stereocenters. The molecule has 2 N–H and O–H groups in total. The second-order valence-electron chi connectivity index (χ2n) is 5.35. The molecule has 0 bridgehead atoms. The molecule has 0 fully saturated rings. The summed E-state index contributed by atoms with van der Waals surface area (Å²) in [6.07, 6.45) is 3.88. The fourth-order valence-corrected chi connectivity index (χ4v) is 2.27. The van der Waals surface area contributed by atoms with Gasteiger partial charge < -0.3 is 10.4 Å². The molecule has 3 aromatic rings. The minimum Gasteiger partial charge on any atom is -0.476 e. The number of carboxylic acid groups (broad SMARTS) is 1. The Hall–Kier alpha value is -3.36. The number of aryl methyl sites for hydroxylation is 2. The lowest BCUT2D eigenvalue weighted by Gasteiger charge is -2.08. The third-order valence-electron chi connectivity index (χ3n) is 3.39. The highest BCUT2D eigenvalue weighted by molar-refractivity contribution is 5.84. The summed E-state index contributed by atoms with van der Waals surface area (Å²) in [5, 5.41) is 19.4. The summed E-state index contributed by atoms with van der Waals surface area (Å²) in [6.45, 7) is 3.05. The van der Waals surface area contributed by atoms with Crippen molar-refractivity contribution in [3.05, 3.63) is 48.2 Å². The quantitative estimate of drug-likeness (QED) is 0.624. The number of aromatic nitrogens is 6. The number of hydrogen-bond acceptors (Lipinski definition) is 7. The minimum absolute atomic E-state index is 0.0561. The number of carbonyl (C=O) groups is 1.